The zero-order chi connectivity index (χ0) is 12.4. The first-order chi connectivity index (χ1) is 8.81. The quantitative estimate of drug-likeness (QED) is 0.892. The molecule has 0 spiro atoms. The van der Waals surface area contributed by atoms with Gasteiger partial charge in [-0.05, 0) is 49.4 Å². The van der Waals surface area contributed by atoms with Crippen molar-refractivity contribution in [3.05, 3.63) is 59.0 Å². The van der Waals surface area contributed by atoms with Crippen molar-refractivity contribution in [2.45, 2.75) is 38.8 Å². The number of aryl methyl sites for hydroxylation is 2. The molecule has 2 heteroatoms. The van der Waals surface area contributed by atoms with Crippen LogP contribution in [0.15, 0.2) is 40.8 Å². The maximum Gasteiger partial charge on any atom is 0.117 e. The zero-order valence-corrected chi connectivity index (χ0v) is 10.8. The summed E-state index contributed by atoms with van der Waals surface area (Å²) in [6.45, 7) is 2.82. The fourth-order valence-electron chi connectivity index (χ4n) is 2.70. The Morgan fingerprint density at radius 2 is 2.00 bits per heavy atom. The van der Waals surface area contributed by atoms with E-state index >= 15 is 0 Å². The molecule has 0 saturated heterocycles. The highest BCUT2D eigenvalue weighted by molar-refractivity contribution is 5.30. The number of furan rings is 1. The lowest BCUT2D eigenvalue weighted by atomic mass is 9.88. The fourth-order valence-corrected chi connectivity index (χ4v) is 2.70. The van der Waals surface area contributed by atoms with E-state index in [4.69, 9.17) is 4.42 Å². The minimum absolute atomic E-state index is 0.574. The van der Waals surface area contributed by atoms with Crippen LogP contribution in [0.4, 0.5) is 0 Å². The Balaban J connectivity index is 1.59. The highest BCUT2D eigenvalue weighted by atomic mass is 16.3. The van der Waals surface area contributed by atoms with Crippen molar-refractivity contribution in [3.8, 4) is 0 Å². The molecule has 2 aromatic rings. The first-order valence-electron chi connectivity index (χ1n) is 6.67. The second-order valence-corrected chi connectivity index (χ2v) is 5.10. The molecule has 0 radical (unpaired) electrons. The van der Waals surface area contributed by atoms with Crippen LogP contribution in [0.2, 0.25) is 0 Å². The van der Waals surface area contributed by atoms with Crippen molar-refractivity contribution in [2.75, 3.05) is 0 Å². The summed E-state index contributed by atoms with van der Waals surface area (Å²) in [5, 5.41) is 3.60. The summed E-state index contributed by atoms with van der Waals surface area (Å²) >= 11 is 0. The number of fused-ring (bicyclic) bond motifs is 1. The monoisotopic (exact) mass is 241 g/mol. The van der Waals surface area contributed by atoms with E-state index in [9.17, 15) is 0 Å². The van der Waals surface area contributed by atoms with E-state index in [1.807, 2.05) is 13.0 Å². The van der Waals surface area contributed by atoms with Crippen LogP contribution in [0.5, 0.6) is 0 Å². The lowest BCUT2D eigenvalue weighted by Crippen LogP contribution is -2.33. The lowest BCUT2D eigenvalue weighted by molar-refractivity contribution is 0.408. The molecule has 3 rings (SSSR count). The summed E-state index contributed by atoms with van der Waals surface area (Å²) in [5.74, 6) is 2.02. The third kappa shape index (κ3) is 2.49. The Hall–Kier alpha value is -1.54. The van der Waals surface area contributed by atoms with Crippen molar-refractivity contribution < 1.29 is 4.42 Å². The number of benzene rings is 1. The van der Waals surface area contributed by atoms with Crippen LogP contribution in [0.25, 0.3) is 0 Å². The van der Waals surface area contributed by atoms with Crippen LogP contribution < -0.4 is 5.32 Å². The van der Waals surface area contributed by atoms with Crippen LogP contribution in [0, 0.1) is 6.92 Å². The third-order valence-electron chi connectivity index (χ3n) is 3.71. The molecule has 1 atom stereocenters. The molecule has 1 aromatic heterocycles. The molecule has 18 heavy (non-hydrogen) atoms. The van der Waals surface area contributed by atoms with Crippen molar-refractivity contribution in [1.29, 1.82) is 0 Å². The minimum Gasteiger partial charge on any atom is -0.465 e. The van der Waals surface area contributed by atoms with E-state index in [-0.39, 0.29) is 0 Å². The molecular weight excluding hydrogens is 222 g/mol. The van der Waals surface area contributed by atoms with Gasteiger partial charge in [-0.3, -0.25) is 0 Å². The van der Waals surface area contributed by atoms with Gasteiger partial charge in [-0.2, -0.15) is 0 Å². The summed E-state index contributed by atoms with van der Waals surface area (Å²) in [6, 6.07) is 13.4. The van der Waals surface area contributed by atoms with E-state index in [0.29, 0.717) is 6.04 Å². The average Bonchev–Trinajstić information content (AvgIpc) is 2.82. The average molecular weight is 241 g/mol. The fraction of sp³-hybridized carbons (Fsp3) is 0.375. The Bertz CT molecular complexity index is 529. The molecule has 2 nitrogen and oxygen atoms in total. The van der Waals surface area contributed by atoms with Gasteiger partial charge in [0.15, 0.2) is 0 Å². The van der Waals surface area contributed by atoms with E-state index in [1.54, 1.807) is 0 Å². The molecule has 0 amide bonds. The maximum absolute atomic E-state index is 5.58. The van der Waals surface area contributed by atoms with Crippen LogP contribution in [-0.4, -0.2) is 6.04 Å². The Morgan fingerprint density at radius 3 is 2.78 bits per heavy atom. The second-order valence-electron chi connectivity index (χ2n) is 5.10. The largest absolute Gasteiger partial charge is 0.465 e. The van der Waals surface area contributed by atoms with Gasteiger partial charge in [0.05, 0.1) is 6.54 Å². The van der Waals surface area contributed by atoms with Crippen LogP contribution >= 0.6 is 0 Å². The molecule has 94 valence electrons. The molecule has 1 unspecified atom stereocenters. The molecular formula is C16H19NO. The number of hydrogen-bond donors (Lipinski definition) is 1. The molecule has 1 aliphatic rings. The van der Waals surface area contributed by atoms with Crippen molar-refractivity contribution in [3.63, 3.8) is 0 Å². The highest BCUT2D eigenvalue weighted by Gasteiger charge is 2.17. The Morgan fingerprint density at radius 1 is 1.17 bits per heavy atom. The van der Waals surface area contributed by atoms with Gasteiger partial charge in [0.1, 0.15) is 11.5 Å². The van der Waals surface area contributed by atoms with Gasteiger partial charge in [0, 0.05) is 6.04 Å². The summed E-state index contributed by atoms with van der Waals surface area (Å²) in [7, 11) is 0. The first kappa shape index (κ1) is 11.5. The topological polar surface area (TPSA) is 25.2 Å². The van der Waals surface area contributed by atoms with Crippen molar-refractivity contribution >= 4 is 0 Å². The Kier molecular flexibility index (Phi) is 3.20. The van der Waals surface area contributed by atoms with E-state index < -0.39 is 0 Å². The minimum atomic E-state index is 0.574. The van der Waals surface area contributed by atoms with Gasteiger partial charge in [0.2, 0.25) is 0 Å². The van der Waals surface area contributed by atoms with Crippen LogP contribution in [0.1, 0.15) is 29.1 Å². The first-order valence-corrected chi connectivity index (χ1v) is 6.67. The van der Waals surface area contributed by atoms with Gasteiger partial charge in [0.25, 0.3) is 0 Å². The standard InChI is InChI=1S/C16H19NO/c1-12-6-9-16(18-12)11-17-15-8-7-13-4-2-3-5-14(13)10-15/h2-6,9,15,17H,7-8,10-11H2,1H3. The molecule has 1 aromatic carbocycles. The van der Waals surface area contributed by atoms with E-state index in [2.05, 4.69) is 35.6 Å². The summed E-state index contributed by atoms with van der Waals surface area (Å²) < 4.78 is 5.58. The number of nitrogens with one attached hydrogen (secondary N) is 1. The highest BCUT2D eigenvalue weighted by Crippen LogP contribution is 2.21. The molecule has 0 fully saturated rings. The summed E-state index contributed by atoms with van der Waals surface area (Å²) in [6.07, 6.45) is 3.54. The molecule has 0 aliphatic heterocycles. The van der Waals surface area contributed by atoms with Gasteiger partial charge in [-0.25, -0.2) is 0 Å². The van der Waals surface area contributed by atoms with Crippen molar-refractivity contribution in [2.24, 2.45) is 0 Å². The second kappa shape index (κ2) is 4.99. The lowest BCUT2D eigenvalue weighted by Gasteiger charge is -2.25. The predicted octanol–water partition coefficient (Wildman–Crippen LogP) is 3.24. The van der Waals surface area contributed by atoms with Gasteiger partial charge in [-0.1, -0.05) is 24.3 Å². The smallest absolute Gasteiger partial charge is 0.117 e. The third-order valence-corrected chi connectivity index (χ3v) is 3.71. The Labute approximate surface area is 108 Å². The van der Waals surface area contributed by atoms with Crippen LogP contribution in [0.3, 0.4) is 0 Å². The van der Waals surface area contributed by atoms with Gasteiger partial charge < -0.3 is 9.73 Å². The zero-order valence-electron chi connectivity index (χ0n) is 10.8. The summed E-state index contributed by atoms with van der Waals surface area (Å²) in [5.41, 5.74) is 3.02. The van der Waals surface area contributed by atoms with Gasteiger partial charge >= 0.3 is 0 Å². The van der Waals surface area contributed by atoms with E-state index in [0.717, 1.165) is 24.5 Å². The number of rotatable bonds is 3. The van der Waals surface area contributed by atoms with Gasteiger partial charge in [-0.15, -0.1) is 0 Å². The predicted molar refractivity (Wildman–Crippen MR) is 72.5 cm³/mol. The molecule has 0 bridgehead atoms. The van der Waals surface area contributed by atoms with E-state index in [1.165, 1.54) is 24.0 Å². The normalized spacial score (nSPS) is 18.6. The molecule has 1 aliphatic carbocycles. The number of hydrogen-bond acceptors (Lipinski definition) is 2. The molecule has 1 heterocycles. The van der Waals surface area contributed by atoms with Crippen molar-refractivity contribution in [1.82, 2.24) is 5.32 Å². The molecule has 0 saturated carbocycles. The van der Waals surface area contributed by atoms with Crippen LogP contribution in [-0.2, 0) is 19.4 Å². The molecule has 1 N–H and O–H groups in total. The maximum atomic E-state index is 5.58. The summed E-state index contributed by atoms with van der Waals surface area (Å²) in [4.78, 5) is 0. The SMILES string of the molecule is Cc1ccc(CNC2CCc3ccccc3C2)o1.